The van der Waals surface area contributed by atoms with Crippen LogP contribution in [0.4, 0.5) is 0 Å². The van der Waals surface area contributed by atoms with Gasteiger partial charge in [-0.25, -0.2) is 8.42 Å². The molecule has 100 valence electrons. The summed E-state index contributed by atoms with van der Waals surface area (Å²) in [6, 6.07) is 0. The Morgan fingerprint density at radius 2 is 1.94 bits per heavy atom. The van der Waals surface area contributed by atoms with E-state index in [-0.39, 0.29) is 25.4 Å². The van der Waals surface area contributed by atoms with Crippen molar-refractivity contribution in [1.82, 2.24) is 9.62 Å². The standard InChI is InChI=1S/C9H18N2O5S/c1-7(4-9(13)14)5-10-8(12)6-11(2)17(3,15)16/h7H,4-6H2,1-3H3,(H,10,12)(H,13,14). The third-order valence-corrected chi connectivity index (χ3v) is 3.36. The van der Waals surface area contributed by atoms with Crippen LogP contribution in [0.25, 0.3) is 0 Å². The topological polar surface area (TPSA) is 104 Å². The van der Waals surface area contributed by atoms with Gasteiger partial charge in [-0.3, -0.25) is 9.59 Å². The second kappa shape index (κ2) is 6.55. The third-order valence-electron chi connectivity index (χ3n) is 2.10. The lowest BCUT2D eigenvalue weighted by atomic mass is 10.1. The molecule has 0 saturated heterocycles. The predicted molar refractivity (Wildman–Crippen MR) is 61.9 cm³/mol. The summed E-state index contributed by atoms with van der Waals surface area (Å²) in [4.78, 5) is 21.7. The number of carboxylic acid groups (broad SMARTS) is 1. The molecule has 2 N–H and O–H groups in total. The molecule has 0 heterocycles. The number of sulfonamides is 1. The van der Waals surface area contributed by atoms with Crippen LogP contribution in [-0.2, 0) is 19.6 Å². The first kappa shape index (κ1) is 15.9. The fourth-order valence-corrected chi connectivity index (χ4v) is 1.39. The van der Waals surface area contributed by atoms with Gasteiger partial charge >= 0.3 is 5.97 Å². The van der Waals surface area contributed by atoms with E-state index in [1.165, 1.54) is 7.05 Å². The molecule has 8 heteroatoms. The van der Waals surface area contributed by atoms with Crippen molar-refractivity contribution in [1.29, 1.82) is 0 Å². The molecule has 0 fully saturated rings. The molecule has 0 bridgehead atoms. The Morgan fingerprint density at radius 1 is 1.41 bits per heavy atom. The first-order valence-electron chi connectivity index (χ1n) is 5.02. The minimum absolute atomic E-state index is 0.0395. The first-order valence-corrected chi connectivity index (χ1v) is 6.87. The van der Waals surface area contributed by atoms with Crippen LogP contribution in [0, 0.1) is 5.92 Å². The molecule has 0 aliphatic carbocycles. The van der Waals surface area contributed by atoms with Crippen LogP contribution in [0.2, 0.25) is 0 Å². The summed E-state index contributed by atoms with van der Waals surface area (Å²) in [5.74, 6) is -1.57. The van der Waals surface area contributed by atoms with E-state index >= 15 is 0 Å². The highest BCUT2D eigenvalue weighted by Crippen LogP contribution is 1.99. The van der Waals surface area contributed by atoms with Crippen molar-refractivity contribution in [3.8, 4) is 0 Å². The summed E-state index contributed by atoms with van der Waals surface area (Å²) in [7, 11) is -2.08. The molecule has 0 saturated carbocycles. The van der Waals surface area contributed by atoms with Crippen molar-refractivity contribution < 1.29 is 23.1 Å². The van der Waals surface area contributed by atoms with Crippen LogP contribution in [0.3, 0.4) is 0 Å². The van der Waals surface area contributed by atoms with E-state index in [0.29, 0.717) is 0 Å². The maximum atomic E-state index is 11.3. The predicted octanol–water partition coefficient (Wildman–Crippen LogP) is -0.895. The Kier molecular flexibility index (Phi) is 6.11. The highest BCUT2D eigenvalue weighted by Gasteiger charge is 2.15. The first-order chi connectivity index (χ1) is 7.62. The van der Waals surface area contributed by atoms with Crippen molar-refractivity contribution >= 4 is 21.9 Å². The number of carbonyl (C=O) groups is 2. The second-order valence-corrected chi connectivity index (χ2v) is 6.12. The number of nitrogens with one attached hydrogen (secondary N) is 1. The Labute approximate surface area is 101 Å². The summed E-state index contributed by atoms with van der Waals surface area (Å²) in [6.45, 7) is 1.63. The van der Waals surface area contributed by atoms with Crippen LogP contribution in [0.5, 0.6) is 0 Å². The van der Waals surface area contributed by atoms with Gasteiger partial charge in [-0.15, -0.1) is 0 Å². The van der Waals surface area contributed by atoms with E-state index in [4.69, 9.17) is 5.11 Å². The lowest BCUT2D eigenvalue weighted by Gasteiger charge is -2.15. The van der Waals surface area contributed by atoms with Gasteiger partial charge in [-0.1, -0.05) is 6.92 Å². The van der Waals surface area contributed by atoms with Crippen molar-refractivity contribution in [3.05, 3.63) is 0 Å². The number of carboxylic acids is 1. The number of aliphatic carboxylic acids is 1. The zero-order valence-corrected chi connectivity index (χ0v) is 11.0. The molecule has 1 amide bonds. The van der Waals surface area contributed by atoms with E-state index in [2.05, 4.69) is 5.32 Å². The molecule has 1 atom stereocenters. The average Bonchev–Trinajstić information content (AvgIpc) is 2.12. The molecule has 0 rings (SSSR count). The van der Waals surface area contributed by atoms with Crippen LogP contribution < -0.4 is 5.32 Å². The zero-order valence-electron chi connectivity index (χ0n) is 10.1. The zero-order chi connectivity index (χ0) is 13.6. The van der Waals surface area contributed by atoms with Gasteiger partial charge in [-0.05, 0) is 5.92 Å². The molecule has 0 aromatic carbocycles. The number of likely N-dealkylation sites (N-methyl/N-ethyl adjacent to an activating group) is 1. The van der Waals surface area contributed by atoms with Gasteiger partial charge in [0.1, 0.15) is 0 Å². The summed E-state index contributed by atoms with van der Waals surface area (Å²) >= 11 is 0. The smallest absolute Gasteiger partial charge is 0.303 e. The number of carbonyl (C=O) groups excluding carboxylic acids is 1. The van der Waals surface area contributed by atoms with Crippen molar-refractivity contribution in [2.24, 2.45) is 5.92 Å². The molecule has 1 unspecified atom stereocenters. The molecule has 0 aliphatic rings. The van der Waals surface area contributed by atoms with Gasteiger partial charge in [-0.2, -0.15) is 4.31 Å². The summed E-state index contributed by atoms with van der Waals surface area (Å²) in [6.07, 6.45) is 0.968. The van der Waals surface area contributed by atoms with E-state index in [1.54, 1.807) is 6.92 Å². The largest absolute Gasteiger partial charge is 0.481 e. The van der Waals surface area contributed by atoms with Crippen molar-refractivity contribution in [2.45, 2.75) is 13.3 Å². The van der Waals surface area contributed by atoms with Gasteiger partial charge < -0.3 is 10.4 Å². The third kappa shape index (κ3) is 7.70. The minimum Gasteiger partial charge on any atom is -0.481 e. The van der Waals surface area contributed by atoms with E-state index < -0.39 is 21.9 Å². The van der Waals surface area contributed by atoms with Crippen LogP contribution in [0.15, 0.2) is 0 Å². The van der Waals surface area contributed by atoms with Crippen LogP contribution in [-0.4, -0.2) is 56.1 Å². The number of amides is 1. The van der Waals surface area contributed by atoms with Gasteiger partial charge in [0.15, 0.2) is 0 Å². The van der Waals surface area contributed by atoms with Crippen molar-refractivity contribution in [3.63, 3.8) is 0 Å². The number of nitrogens with zero attached hydrogens (tertiary/aromatic N) is 1. The Bertz CT molecular complexity index is 379. The monoisotopic (exact) mass is 266 g/mol. The molecule has 7 nitrogen and oxygen atoms in total. The van der Waals surface area contributed by atoms with E-state index in [1.807, 2.05) is 0 Å². The Hall–Kier alpha value is -1.15. The fourth-order valence-electron chi connectivity index (χ4n) is 1.03. The van der Waals surface area contributed by atoms with Gasteiger partial charge in [0.05, 0.1) is 12.8 Å². The minimum atomic E-state index is -3.38. The molecule has 0 spiro atoms. The van der Waals surface area contributed by atoms with E-state index in [0.717, 1.165) is 10.6 Å². The lowest BCUT2D eigenvalue weighted by Crippen LogP contribution is -2.39. The van der Waals surface area contributed by atoms with Crippen molar-refractivity contribution in [2.75, 3.05) is 26.4 Å². The van der Waals surface area contributed by atoms with Gasteiger partial charge in [0, 0.05) is 20.0 Å². The highest BCUT2D eigenvalue weighted by molar-refractivity contribution is 7.88. The van der Waals surface area contributed by atoms with Gasteiger partial charge in [0.2, 0.25) is 15.9 Å². The number of hydrogen-bond acceptors (Lipinski definition) is 4. The molecular formula is C9H18N2O5S. The number of hydrogen-bond donors (Lipinski definition) is 2. The molecular weight excluding hydrogens is 248 g/mol. The summed E-state index contributed by atoms with van der Waals surface area (Å²) in [5, 5.41) is 11.0. The number of rotatable bonds is 7. The second-order valence-electron chi connectivity index (χ2n) is 4.03. The van der Waals surface area contributed by atoms with Crippen LogP contribution in [0.1, 0.15) is 13.3 Å². The SMILES string of the molecule is CC(CNC(=O)CN(C)S(C)(=O)=O)CC(=O)O. The normalized spacial score (nSPS) is 13.4. The molecule has 0 radical (unpaired) electrons. The summed E-state index contributed by atoms with van der Waals surface area (Å²) in [5.41, 5.74) is 0. The Balaban J connectivity index is 4.00. The maximum Gasteiger partial charge on any atom is 0.303 e. The highest BCUT2D eigenvalue weighted by atomic mass is 32.2. The van der Waals surface area contributed by atoms with Gasteiger partial charge in [0.25, 0.3) is 0 Å². The Morgan fingerprint density at radius 3 is 2.35 bits per heavy atom. The maximum absolute atomic E-state index is 11.3. The molecule has 0 aromatic rings. The quantitative estimate of drug-likeness (QED) is 0.622. The molecule has 0 aromatic heterocycles. The average molecular weight is 266 g/mol. The molecule has 0 aliphatic heterocycles. The fraction of sp³-hybridized carbons (Fsp3) is 0.778. The summed E-state index contributed by atoms with van der Waals surface area (Å²) < 4.78 is 23.0. The lowest BCUT2D eigenvalue weighted by molar-refractivity contribution is -0.138. The molecule has 17 heavy (non-hydrogen) atoms. The van der Waals surface area contributed by atoms with E-state index in [9.17, 15) is 18.0 Å². The van der Waals surface area contributed by atoms with Crippen LogP contribution >= 0.6 is 0 Å².